The molecule has 1 N–H and O–H groups in total. The molecule has 0 aliphatic rings. The molecule has 2 heterocycles. The van der Waals surface area contributed by atoms with E-state index in [4.69, 9.17) is 23.2 Å². The van der Waals surface area contributed by atoms with Crippen molar-refractivity contribution in [1.29, 1.82) is 0 Å². The topological polar surface area (TPSA) is 72.7 Å². The summed E-state index contributed by atoms with van der Waals surface area (Å²) in [6.45, 7) is 3.43. The number of halogens is 2. The van der Waals surface area contributed by atoms with E-state index >= 15 is 0 Å². The van der Waals surface area contributed by atoms with Crippen molar-refractivity contribution in [2.45, 2.75) is 0 Å². The molecule has 1 aromatic carbocycles. The van der Waals surface area contributed by atoms with E-state index in [1.54, 1.807) is 24.2 Å². The van der Waals surface area contributed by atoms with Crippen molar-refractivity contribution in [2.75, 3.05) is 18.6 Å². The minimum Gasteiger partial charge on any atom is -0.338 e. The highest BCUT2D eigenvalue weighted by Crippen LogP contribution is 2.41. The maximum Gasteiger partial charge on any atom is 0.224 e. The van der Waals surface area contributed by atoms with Gasteiger partial charge in [-0.25, -0.2) is 4.98 Å². The first-order valence-corrected chi connectivity index (χ1v) is 10.1. The number of nitrogens with zero attached hydrogens (tertiary/aromatic N) is 4. The van der Waals surface area contributed by atoms with Crippen molar-refractivity contribution in [1.82, 2.24) is 19.7 Å². The summed E-state index contributed by atoms with van der Waals surface area (Å²) < 4.78 is 14.6. The Balaban J connectivity index is 2.23. The van der Waals surface area contributed by atoms with Crippen molar-refractivity contribution in [3.8, 4) is 0 Å². The van der Waals surface area contributed by atoms with Crippen molar-refractivity contribution in [3.05, 3.63) is 34.8 Å². The third kappa shape index (κ3) is 3.07. The number of aryl methyl sites for hydroxylation is 1. The second-order valence-corrected chi connectivity index (χ2v) is 9.37. The van der Waals surface area contributed by atoms with Gasteiger partial charge in [0.2, 0.25) is 5.28 Å². The standard InChI is InChI=1S/C14H14Cl2N5OP/c1-21-11-8(6-18-21)4-5-10(12(11)23(2,3)22)19-13-9(15)7-17-14(16)20-13/h4-7H,1-3H3,(H,17,19,20). The van der Waals surface area contributed by atoms with Crippen LogP contribution in [0.25, 0.3) is 10.9 Å². The molecule has 0 saturated heterocycles. The van der Waals surface area contributed by atoms with Crippen molar-refractivity contribution in [3.63, 3.8) is 0 Å². The van der Waals surface area contributed by atoms with Crippen molar-refractivity contribution < 1.29 is 4.57 Å². The van der Waals surface area contributed by atoms with Gasteiger partial charge in [0.25, 0.3) is 0 Å². The largest absolute Gasteiger partial charge is 0.338 e. The third-order valence-electron chi connectivity index (χ3n) is 3.38. The van der Waals surface area contributed by atoms with E-state index < -0.39 is 7.14 Å². The predicted octanol–water partition coefficient (Wildman–Crippen LogP) is 3.66. The lowest BCUT2D eigenvalue weighted by molar-refractivity contribution is 0.588. The predicted molar refractivity (Wildman–Crippen MR) is 95.1 cm³/mol. The average Bonchev–Trinajstić information content (AvgIpc) is 2.83. The van der Waals surface area contributed by atoms with Crippen molar-refractivity contribution >= 4 is 58.1 Å². The van der Waals surface area contributed by atoms with Gasteiger partial charge in [-0.2, -0.15) is 10.1 Å². The zero-order chi connectivity index (χ0) is 16.8. The number of fused-ring (bicyclic) bond motifs is 1. The molecule has 0 aliphatic heterocycles. The SMILES string of the molecule is Cn1ncc2ccc(Nc3nc(Cl)ncc3Cl)c(P(C)(C)=O)c21. The number of benzene rings is 1. The molecule has 0 atom stereocenters. The maximum atomic E-state index is 12.9. The molecule has 0 bridgehead atoms. The zero-order valence-corrected chi connectivity index (χ0v) is 15.1. The molecule has 120 valence electrons. The van der Waals surface area contributed by atoms with E-state index in [2.05, 4.69) is 20.4 Å². The zero-order valence-electron chi connectivity index (χ0n) is 12.7. The second kappa shape index (κ2) is 5.78. The minimum absolute atomic E-state index is 0.0799. The number of anilines is 2. The van der Waals surface area contributed by atoms with Gasteiger partial charge in [-0.1, -0.05) is 11.6 Å². The fourth-order valence-corrected chi connectivity index (χ4v) is 4.22. The Morgan fingerprint density at radius 2 is 1.96 bits per heavy atom. The second-order valence-electron chi connectivity index (χ2n) is 5.48. The monoisotopic (exact) mass is 369 g/mol. The van der Waals surface area contributed by atoms with Crippen LogP contribution < -0.4 is 10.6 Å². The van der Waals surface area contributed by atoms with Crippen LogP contribution in [0.2, 0.25) is 10.3 Å². The molecular formula is C14H14Cl2N5OP. The molecule has 0 aliphatic carbocycles. The van der Waals surface area contributed by atoms with E-state index in [-0.39, 0.29) is 5.28 Å². The fourth-order valence-electron chi connectivity index (χ4n) is 2.45. The van der Waals surface area contributed by atoms with E-state index in [1.165, 1.54) is 6.20 Å². The van der Waals surface area contributed by atoms with Gasteiger partial charge in [0.15, 0.2) is 5.82 Å². The van der Waals surface area contributed by atoms with Crippen LogP contribution in [0.1, 0.15) is 0 Å². The van der Waals surface area contributed by atoms with Crippen LogP contribution in [0.3, 0.4) is 0 Å². The molecule has 0 spiro atoms. The highest BCUT2D eigenvalue weighted by atomic mass is 35.5. The molecule has 9 heteroatoms. The number of hydrogen-bond donors (Lipinski definition) is 1. The molecule has 0 saturated carbocycles. The van der Waals surface area contributed by atoms with E-state index in [1.807, 2.05) is 19.2 Å². The summed E-state index contributed by atoms with van der Waals surface area (Å²) in [5.41, 5.74) is 1.48. The number of rotatable bonds is 3. The maximum absolute atomic E-state index is 12.9. The highest BCUT2D eigenvalue weighted by Gasteiger charge is 2.23. The van der Waals surface area contributed by atoms with E-state index in [0.29, 0.717) is 21.8 Å². The van der Waals surface area contributed by atoms with E-state index in [9.17, 15) is 4.57 Å². The van der Waals surface area contributed by atoms with Gasteiger partial charge >= 0.3 is 0 Å². The Bertz CT molecular complexity index is 950. The highest BCUT2D eigenvalue weighted by molar-refractivity contribution is 7.71. The molecule has 23 heavy (non-hydrogen) atoms. The van der Waals surface area contributed by atoms with E-state index in [0.717, 1.165) is 10.9 Å². The quantitative estimate of drug-likeness (QED) is 0.563. The molecule has 3 aromatic rings. The lowest BCUT2D eigenvalue weighted by Gasteiger charge is -2.17. The number of aromatic nitrogens is 4. The molecule has 0 radical (unpaired) electrons. The minimum atomic E-state index is -2.60. The molecule has 2 aromatic heterocycles. The van der Waals surface area contributed by atoms with Gasteiger partial charge in [0.05, 0.1) is 28.9 Å². The van der Waals surface area contributed by atoms with Gasteiger partial charge in [-0.3, -0.25) is 4.68 Å². The molecule has 0 unspecified atom stereocenters. The van der Waals surface area contributed by atoms with Gasteiger partial charge in [0.1, 0.15) is 12.2 Å². The van der Waals surface area contributed by atoms with Crippen LogP contribution in [-0.4, -0.2) is 33.1 Å². The molecular weight excluding hydrogens is 356 g/mol. The Morgan fingerprint density at radius 1 is 1.22 bits per heavy atom. The van der Waals surface area contributed by atoms with Crippen LogP contribution >= 0.6 is 30.3 Å². The Kier molecular flexibility index (Phi) is 4.08. The number of hydrogen-bond acceptors (Lipinski definition) is 5. The molecule has 6 nitrogen and oxygen atoms in total. The average molecular weight is 370 g/mol. The Morgan fingerprint density at radius 3 is 2.65 bits per heavy atom. The van der Waals surface area contributed by atoms with Gasteiger partial charge in [-0.05, 0) is 37.1 Å². The van der Waals surface area contributed by atoms with Gasteiger partial charge in [0, 0.05) is 12.4 Å². The van der Waals surface area contributed by atoms with Crippen LogP contribution in [0, 0.1) is 0 Å². The smallest absolute Gasteiger partial charge is 0.224 e. The van der Waals surface area contributed by atoms with Crippen molar-refractivity contribution in [2.24, 2.45) is 7.05 Å². The summed E-state index contributed by atoms with van der Waals surface area (Å²) in [6, 6.07) is 3.74. The summed E-state index contributed by atoms with van der Waals surface area (Å²) in [5, 5.41) is 9.38. The summed E-state index contributed by atoms with van der Waals surface area (Å²) >= 11 is 11.9. The molecule has 0 fully saturated rings. The van der Waals surface area contributed by atoms with Crippen LogP contribution in [-0.2, 0) is 11.6 Å². The summed E-state index contributed by atoms with van der Waals surface area (Å²) in [4.78, 5) is 7.90. The first-order valence-electron chi connectivity index (χ1n) is 6.72. The summed E-state index contributed by atoms with van der Waals surface area (Å²) in [6.07, 6.45) is 3.16. The molecule has 0 amide bonds. The summed E-state index contributed by atoms with van der Waals surface area (Å²) in [7, 11) is -0.782. The first-order chi connectivity index (χ1) is 10.8. The van der Waals surface area contributed by atoms with Crippen LogP contribution in [0.15, 0.2) is 24.5 Å². The van der Waals surface area contributed by atoms with Crippen LogP contribution in [0.4, 0.5) is 11.5 Å². The fraction of sp³-hybridized carbons (Fsp3) is 0.214. The normalized spacial score (nSPS) is 11.9. The molecule has 3 rings (SSSR count). The lowest BCUT2D eigenvalue weighted by atomic mass is 10.2. The third-order valence-corrected chi connectivity index (χ3v) is 5.37. The van der Waals surface area contributed by atoms with Gasteiger partial charge < -0.3 is 9.88 Å². The van der Waals surface area contributed by atoms with Gasteiger partial charge in [-0.15, -0.1) is 0 Å². The summed E-state index contributed by atoms with van der Waals surface area (Å²) in [5.74, 6) is 0.364. The Hall–Kier alpha value is -1.62. The number of nitrogens with one attached hydrogen (secondary N) is 1. The first kappa shape index (κ1) is 16.2. The lowest BCUT2D eigenvalue weighted by Crippen LogP contribution is -2.14. The Labute approximate surface area is 143 Å². The van der Waals surface area contributed by atoms with Crippen LogP contribution in [0.5, 0.6) is 0 Å².